The van der Waals surface area contributed by atoms with Crippen LogP contribution in [0.15, 0.2) is 36.9 Å². The lowest BCUT2D eigenvalue weighted by atomic mass is 10.0. The van der Waals surface area contributed by atoms with Crippen molar-refractivity contribution in [1.29, 1.82) is 0 Å². The molecular weight excluding hydrogens is 430 g/mol. The Morgan fingerprint density at radius 3 is 2.68 bits per heavy atom. The predicted molar refractivity (Wildman–Crippen MR) is 127 cm³/mol. The van der Waals surface area contributed by atoms with Gasteiger partial charge in [-0.05, 0) is 51.0 Å². The molecule has 2 amide bonds. The van der Waals surface area contributed by atoms with Gasteiger partial charge in [0.15, 0.2) is 0 Å². The summed E-state index contributed by atoms with van der Waals surface area (Å²) in [5, 5.41) is 1.73. The van der Waals surface area contributed by atoms with Crippen molar-refractivity contribution in [2.75, 3.05) is 18.5 Å². The second-order valence-corrected chi connectivity index (χ2v) is 10.5. The normalized spacial score (nSPS) is 13.7. The van der Waals surface area contributed by atoms with E-state index in [1.807, 2.05) is 39.0 Å². The minimum atomic E-state index is -0.541. The number of anilines is 1. The molecule has 0 unspecified atom stereocenters. The number of aromatic nitrogens is 1. The fraction of sp³-hybridized carbons (Fsp3) is 0.348. The number of hydrogen-bond donors (Lipinski definition) is 0. The molecule has 2 aromatic heterocycles. The number of carbonyl (C=O) groups is 2. The highest BCUT2D eigenvalue weighted by Gasteiger charge is 2.32. The zero-order valence-corrected chi connectivity index (χ0v) is 19.7. The van der Waals surface area contributed by atoms with Crippen molar-refractivity contribution in [3.8, 4) is 10.6 Å². The van der Waals surface area contributed by atoms with Crippen LogP contribution in [0.4, 0.5) is 9.80 Å². The third-order valence-corrected chi connectivity index (χ3v) is 7.35. The summed E-state index contributed by atoms with van der Waals surface area (Å²) in [6.45, 7) is 10.2. The number of rotatable bonds is 3. The largest absolute Gasteiger partial charge is 0.444 e. The molecule has 1 aliphatic rings. The molecule has 3 aromatic rings. The van der Waals surface area contributed by atoms with Crippen LogP contribution >= 0.6 is 22.7 Å². The van der Waals surface area contributed by atoms with Gasteiger partial charge >= 0.3 is 6.09 Å². The summed E-state index contributed by atoms with van der Waals surface area (Å²) >= 11 is 3.15. The van der Waals surface area contributed by atoms with Crippen molar-refractivity contribution in [3.05, 3.63) is 47.4 Å². The van der Waals surface area contributed by atoms with Gasteiger partial charge in [0.1, 0.15) is 15.6 Å². The summed E-state index contributed by atoms with van der Waals surface area (Å²) in [6, 6.07) is 8.02. The van der Waals surface area contributed by atoms with Crippen LogP contribution in [-0.2, 0) is 22.5 Å². The summed E-state index contributed by atoms with van der Waals surface area (Å²) < 4.78 is 6.66. The van der Waals surface area contributed by atoms with Crippen molar-refractivity contribution in [1.82, 2.24) is 9.88 Å². The molecule has 0 N–H and O–H groups in total. The van der Waals surface area contributed by atoms with E-state index in [1.54, 1.807) is 28.2 Å². The van der Waals surface area contributed by atoms with E-state index < -0.39 is 5.60 Å². The topological polar surface area (TPSA) is 62.7 Å². The smallest absolute Gasteiger partial charge is 0.410 e. The minimum absolute atomic E-state index is 0.176. The van der Waals surface area contributed by atoms with Crippen LogP contribution in [0, 0.1) is 0 Å². The monoisotopic (exact) mass is 455 g/mol. The van der Waals surface area contributed by atoms with E-state index in [4.69, 9.17) is 9.72 Å². The van der Waals surface area contributed by atoms with Gasteiger partial charge in [-0.2, -0.15) is 0 Å². The molecule has 0 radical (unpaired) electrons. The number of thiazole rings is 1. The quantitative estimate of drug-likeness (QED) is 0.492. The lowest BCUT2D eigenvalue weighted by molar-refractivity contribution is -0.113. The lowest BCUT2D eigenvalue weighted by Gasteiger charge is -2.30. The molecule has 0 saturated carbocycles. The Morgan fingerprint density at radius 1 is 1.26 bits per heavy atom. The highest BCUT2D eigenvalue weighted by Crippen LogP contribution is 2.47. The van der Waals surface area contributed by atoms with Crippen molar-refractivity contribution in [2.45, 2.75) is 39.3 Å². The zero-order valence-electron chi connectivity index (χ0n) is 18.1. The van der Waals surface area contributed by atoms with Crippen LogP contribution < -0.4 is 4.90 Å². The van der Waals surface area contributed by atoms with Gasteiger partial charge in [-0.1, -0.05) is 18.7 Å². The van der Waals surface area contributed by atoms with Gasteiger partial charge in [0.25, 0.3) is 5.91 Å². The molecule has 0 atom stereocenters. The maximum Gasteiger partial charge on any atom is 0.410 e. The first-order chi connectivity index (χ1) is 14.7. The Hall–Kier alpha value is -2.71. The third kappa shape index (κ3) is 4.22. The van der Waals surface area contributed by atoms with Gasteiger partial charge in [0, 0.05) is 24.0 Å². The molecule has 31 heavy (non-hydrogen) atoms. The highest BCUT2D eigenvalue weighted by molar-refractivity contribution is 7.23. The Kier molecular flexibility index (Phi) is 5.61. The molecular formula is C23H25N3O3S2. The molecule has 0 aliphatic carbocycles. The number of nitrogens with zero attached hydrogens (tertiary/aromatic N) is 3. The van der Waals surface area contributed by atoms with Gasteiger partial charge < -0.3 is 14.5 Å². The lowest BCUT2D eigenvalue weighted by Crippen LogP contribution is -2.39. The maximum atomic E-state index is 12.6. The Morgan fingerprint density at radius 2 is 2.00 bits per heavy atom. The summed E-state index contributed by atoms with van der Waals surface area (Å²) in [4.78, 5) is 34.3. The number of para-hydroxylation sites is 1. The van der Waals surface area contributed by atoms with Gasteiger partial charge in [0.2, 0.25) is 0 Å². The number of ether oxygens (including phenoxy) is 1. The highest BCUT2D eigenvalue weighted by atomic mass is 32.1. The first kappa shape index (κ1) is 21.5. The fourth-order valence-corrected chi connectivity index (χ4v) is 5.98. The number of benzene rings is 1. The first-order valence-corrected chi connectivity index (χ1v) is 11.7. The van der Waals surface area contributed by atoms with Crippen molar-refractivity contribution in [3.63, 3.8) is 0 Å². The van der Waals surface area contributed by atoms with Gasteiger partial charge in [-0.15, -0.1) is 22.7 Å². The van der Waals surface area contributed by atoms with E-state index in [2.05, 4.69) is 12.6 Å². The molecule has 6 nitrogen and oxygen atoms in total. The van der Waals surface area contributed by atoms with E-state index in [0.29, 0.717) is 19.5 Å². The molecule has 0 spiro atoms. The van der Waals surface area contributed by atoms with Gasteiger partial charge in [-0.3, -0.25) is 4.79 Å². The molecule has 0 saturated heterocycles. The Labute approximate surface area is 189 Å². The molecule has 1 aromatic carbocycles. The van der Waals surface area contributed by atoms with Crippen LogP contribution in [0.25, 0.3) is 20.8 Å². The molecule has 162 valence electrons. The summed E-state index contributed by atoms with van der Waals surface area (Å²) in [6.07, 6.45) is 1.69. The van der Waals surface area contributed by atoms with Crippen LogP contribution in [0.3, 0.4) is 0 Å². The number of fused-ring (bicyclic) bond motifs is 2. The van der Waals surface area contributed by atoms with Crippen LogP contribution in [0.1, 0.15) is 31.2 Å². The predicted octanol–water partition coefficient (Wildman–Crippen LogP) is 5.47. The van der Waals surface area contributed by atoms with Crippen molar-refractivity contribution >= 4 is 49.9 Å². The summed E-state index contributed by atoms with van der Waals surface area (Å²) in [7, 11) is 1.75. The maximum absolute atomic E-state index is 12.6. The van der Waals surface area contributed by atoms with E-state index in [-0.39, 0.29) is 12.0 Å². The number of carbonyl (C=O) groups excluding carboxylic acids is 2. The standard InChI is InChI=1S/C23H25N3O3S2/c1-6-18(27)25(5)21-19(20-24-15-9-7-8-10-16(15)30-20)14-11-12-26(13-17(14)31-21)22(28)29-23(2,3)4/h6-10H,1,11-13H2,2-5H3. The summed E-state index contributed by atoms with van der Waals surface area (Å²) in [5.74, 6) is -0.176. The molecule has 0 fully saturated rings. The second-order valence-electron chi connectivity index (χ2n) is 8.42. The molecule has 8 heteroatoms. The Balaban J connectivity index is 1.77. The third-order valence-electron chi connectivity index (χ3n) is 5.01. The Bertz CT molecular complexity index is 1140. The SMILES string of the molecule is C=CC(=O)N(C)c1sc2c(c1-c1nc3ccccc3s1)CCN(C(=O)OC(C)(C)C)C2. The molecule has 3 heterocycles. The van der Waals surface area contributed by atoms with Gasteiger partial charge in [0.05, 0.1) is 16.8 Å². The molecule has 0 bridgehead atoms. The number of thiophene rings is 1. The van der Waals surface area contributed by atoms with Crippen LogP contribution in [-0.4, -0.2) is 41.1 Å². The minimum Gasteiger partial charge on any atom is -0.444 e. The second kappa shape index (κ2) is 8.09. The number of amides is 2. The number of hydrogen-bond acceptors (Lipinski definition) is 6. The fourth-order valence-electron chi connectivity index (χ4n) is 3.54. The van der Waals surface area contributed by atoms with E-state index in [9.17, 15) is 9.59 Å². The zero-order chi connectivity index (χ0) is 22.3. The average molecular weight is 456 g/mol. The molecule has 4 rings (SSSR count). The van der Waals surface area contributed by atoms with E-state index >= 15 is 0 Å². The van der Waals surface area contributed by atoms with Gasteiger partial charge in [-0.25, -0.2) is 9.78 Å². The van der Waals surface area contributed by atoms with Crippen LogP contribution in [0.2, 0.25) is 0 Å². The van der Waals surface area contributed by atoms with Crippen LogP contribution in [0.5, 0.6) is 0 Å². The van der Waals surface area contributed by atoms with E-state index in [1.165, 1.54) is 17.4 Å². The average Bonchev–Trinajstić information content (AvgIpc) is 3.31. The molecule has 1 aliphatic heterocycles. The van der Waals surface area contributed by atoms with Crippen molar-refractivity contribution in [2.24, 2.45) is 0 Å². The number of likely N-dealkylation sites (N-methyl/N-ethyl adjacent to an activating group) is 1. The van der Waals surface area contributed by atoms with E-state index in [0.717, 1.165) is 36.2 Å². The first-order valence-electron chi connectivity index (χ1n) is 10.1. The van der Waals surface area contributed by atoms with Crippen molar-refractivity contribution < 1.29 is 14.3 Å². The summed E-state index contributed by atoms with van der Waals surface area (Å²) in [5.41, 5.74) is 2.54.